The van der Waals surface area contributed by atoms with Crippen LogP contribution >= 0.6 is 11.6 Å². The van der Waals surface area contributed by atoms with Gasteiger partial charge in [0.25, 0.3) is 0 Å². The van der Waals surface area contributed by atoms with Crippen LogP contribution in [0.25, 0.3) is 0 Å². The molecule has 86 valence electrons. The maximum atomic E-state index is 6.01. The Balaban J connectivity index is 1.88. The van der Waals surface area contributed by atoms with Crippen LogP contribution in [-0.2, 0) is 6.42 Å². The Labute approximate surface area is 106 Å². The maximum Gasteiger partial charge on any atom is 0.0555 e. The SMILES string of the molecule is Cc1ccc(C2Cc3cc(Cl)ccc3N2)cc1. The van der Waals surface area contributed by atoms with Gasteiger partial charge in [0.2, 0.25) is 0 Å². The van der Waals surface area contributed by atoms with Crippen LogP contribution in [0.4, 0.5) is 5.69 Å². The largest absolute Gasteiger partial charge is 0.378 e. The molecule has 3 rings (SSSR count). The summed E-state index contributed by atoms with van der Waals surface area (Å²) in [5, 5.41) is 4.35. The molecule has 0 aliphatic carbocycles. The molecule has 2 aromatic rings. The van der Waals surface area contributed by atoms with Crippen molar-refractivity contribution < 1.29 is 0 Å². The third-order valence-corrected chi connectivity index (χ3v) is 3.54. The lowest BCUT2D eigenvalue weighted by atomic mass is 10.0. The summed E-state index contributed by atoms with van der Waals surface area (Å²) in [5.74, 6) is 0. The highest BCUT2D eigenvalue weighted by molar-refractivity contribution is 6.30. The van der Waals surface area contributed by atoms with Gasteiger partial charge in [0.05, 0.1) is 6.04 Å². The minimum absolute atomic E-state index is 0.379. The third kappa shape index (κ3) is 2.03. The lowest BCUT2D eigenvalue weighted by molar-refractivity contribution is 0.824. The van der Waals surface area contributed by atoms with Gasteiger partial charge in [-0.1, -0.05) is 41.4 Å². The molecular formula is C15H14ClN. The molecule has 0 amide bonds. The van der Waals surface area contributed by atoms with E-state index in [1.165, 1.54) is 22.4 Å². The highest BCUT2D eigenvalue weighted by Crippen LogP contribution is 2.35. The van der Waals surface area contributed by atoms with Gasteiger partial charge >= 0.3 is 0 Å². The zero-order chi connectivity index (χ0) is 11.8. The molecule has 1 unspecified atom stereocenters. The summed E-state index contributed by atoms with van der Waals surface area (Å²) >= 11 is 6.01. The first-order valence-corrected chi connectivity index (χ1v) is 6.22. The average Bonchev–Trinajstić information content (AvgIpc) is 2.72. The molecule has 0 bridgehead atoms. The van der Waals surface area contributed by atoms with Crippen LogP contribution in [0.1, 0.15) is 22.7 Å². The van der Waals surface area contributed by atoms with Gasteiger partial charge in [-0.25, -0.2) is 0 Å². The molecular weight excluding hydrogens is 230 g/mol. The van der Waals surface area contributed by atoms with Crippen molar-refractivity contribution in [1.29, 1.82) is 0 Å². The average molecular weight is 244 g/mol. The second-order valence-electron chi connectivity index (χ2n) is 4.61. The third-order valence-electron chi connectivity index (χ3n) is 3.30. The number of anilines is 1. The van der Waals surface area contributed by atoms with Crippen LogP contribution in [0, 0.1) is 6.92 Å². The summed E-state index contributed by atoms with van der Waals surface area (Å²) in [6.45, 7) is 2.11. The van der Waals surface area contributed by atoms with Gasteiger partial charge in [-0.05, 0) is 42.7 Å². The number of hydrogen-bond donors (Lipinski definition) is 1. The Hall–Kier alpha value is -1.47. The normalized spacial score (nSPS) is 17.6. The Morgan fingerprint density at radius 3 is 2.65 bits per heavy atom. The van der Waals surface area contributed by atoms with E-state index < -0.39 is 0 Å². The van der Waals surface area contributed by atoms with Crippen molar-refractivity contribution in [1.82, 2.24) is 0 Å². The minimum Gasteiger partial charge on any atom is -0.378 e. The fraction of sp³-hybridized carbons (Fsp3) is 0.200. The van der Waals surface area contributed by atoms with Gasteiger partial charge < -0.3 is 5.32 Å². The number of benzene rings is 2. The van der Waals surface area contributed by atoms with Crippen molar-refractivity contribution in [2.45, 2.75) is 19.4 Å². The van der Waals surface area contributed by atoms with E-state index in [0.717, 1.165) is 11.4 Å². The van der Waals surface area contributed by atoms with Crippen molar-refractivity contribution in [3.63, 3.8) is 0 Å². The first-order chi connectivity index (χ1) is 8.22. The van der Waals surface area contributed by atoms with Crippen molar-refractivity contribution in [3.8, 4) is 0 Å². The topological polar surface area (TPSA) is 12.0 Å². The molecule has 2 heteroatoms. The predicted octanol–water partition coefficient (Wildman–Crippen LogP) is 4.36. The van der Waals surface area contributed by atoms with Gasteiger partial charge in [-0.2, -0.15) is 0 Å². The number of hydrogen-bond acceptors (Lipinski definition) is 1. The second-order valence-corrected chi connectivity index (χ2v) is 5.05. The molecule has 1 aliphatic rings. The summed E-state index contributed by atoms with van der Waals surface area (Å²) in [6.07, 6.45) is 1.01. The monoisotopic (exact) mass is 243 g/mol. The number of rotatable bonds is 1. The van der Waals surface area contributed by atoms with E-state index in [-0.39, 0.29) is 0 Å². The quantitative estimate of drug-likeness (QED) is 0.785. The first kappa shape index (κ1) is 10.7. The fourth-order valence-corrected chi connectivity index (χ4v) is 2.53. The zero-order valence-corrected chi connectivity index (χ0v) is 10.5. The summed E-state index contributed by atoms with van der Waals surface area (Å²) in [7, 11) is 0. The van der Waals surface area contributed by atoms with Crippen LogP contribution in [0.5, 0.6) is 0 Å². The number of fused-ring (bicyclic) bond motifs is 1. The number of nitrogens with one attached hydrogen (secondary N) is 1. The van der Waals surface area contributed by atoms with Gasteiger partial charge in [-0.15, -0.1) is 0 Å². The van der Waals surface area contributed by atoms with Crippen LogP contribution < -0.4 is 5.32 Å². The second kappa shape index (κ2) is 4.08. The van der Waals surface area contributed by atoms with E-state index in [1.807, 2.05) is 6.07 Å². The van der Waals surface area contributed by atoms with Crippen LogP contribution in [0.15, 0.2) is 42.5 Å². The van der Waals surface area contributed by atoms with Gasteiger partial charge in [0, 0.05) is 10.7 Å². The molecule has 1 heterocycles. The molecule has 0 aromatic heterocycles. The highest BCUT2D eigenvalue weighted by Gasteiger charge is 2.21. The van der Waals surface area contributed by atoms with E-state index in [2.05, 4.69) is 48.6 Å². The van der Waals surface area contributed by atoms with E-state index in [0.29, 0.717) is 6.04 Å². The van der Waals surface area contributed by atoms with Crippen LogP contribution in [-0.4, -0.2) is 0 Å². The molecule has 2 aromatic carbocycles. The van der Waals surface area contributed by atoms with Crippen molar-refractivity contribution in [3.05, 3.63) is 64.2 Å². The first-order valence-electron chi connectivity index (χ1n) is 5.84. The summed E-state index contributed by atoms with van der Waals surface area (Å²) in [5.41, 5.74) is 5.15. The van der Waals surface area contributed by atoms with E-state index in [9.17, 15) is 0 Å². The Morgan fingerprint density at radius 2 is 1.88 bits per heavy atom. The fourth-order valence-electron chi connectivity index (χ4n) is 2.33. The van der Waals surface area contributed by atoms with Gasteiger partial charge in [0.1, 0.15) is 0 Å². The van der Waals surface area contributed by atoms with Crippen LogP contribution in [0.2, 0.25) is 5.02 Å². The summed E-state index contributed by atoms with van der Waals surface area (Å²) in [6, 6.07) is 15.1. The summed E-state index contributed by atoms with van der Waals surface area (Å²) < 4.78 is 0. The molecule has 1 nitrogen and oxygen atoms in total. The van der Waals surface area contributed by atoms with Crippen LogP contribution in [0.3, 0.4) is 0 Å². The Bertz CT molecular complexity index is 545. The van der Waals surface area contributed by atoms with Gasteiger partial charge in [-0.3, -0.25) is 0 Å². The smallest absolute Gasteiger partial charge is 0.0555 e. The van der Waals surface area contributed by atoms with E-state index >= 15 is 0 Å². The van der Waals surface area contributed by atoms with E-state index in [1.54, 1.807) is 0 Å². The van der Waals surface area contributed by atoms with Crippen molar-refractivity contribution >= 4 is 17.3 Å². The zero-order valence-electron chi connectivity index (χ0n) is 9.70. The molecule has 0 saturated carbocycles. The molecule has 0 spiro atoms. The predicted molar refractivity (Wildman–Crippen MR) is 72.7 cm³/mol. The number of aryl methyl sites for hydroxylation is 1. The Morgan fingerprint density at radius 1 is 1.12 bits per heavy atom. The standard InChI is InChI=1S/C15H14ClN/c1-10-2-4-11(5-3-10)15-9-12-8-13(16)6-7-14(12)17-15/h2-8,15,17H,9H2,1H3. The lowest BCUT2D eigenvalue weighted by Gasteiger charge is -2.11. The summed E-state index contributed by atoms with van der Waals surface area (Å²) in [4.78, 5) is 0. The lowest BCUT2D eigenvalue weighted by Crippen LogP contribution is -2.05. The molecule has 0 saturated heterocycles. The molecule has 0 fully saturated rings. The van der Waals surface area contributed by atoms with Crippen molar-refractivity contribution in [2.24, 2.45) is 0 Å². The highest BCUT2D eigenvalue weighted by atomic mass is 35.5. The molecule has 1 aliphatic heterocycles. The van der Waals surface area contributed by atoms with E-state index in [4.69, 9.17) is 11.6 Å². The molecule has 0 radical (unpaired) electrons. The van der Waals surface area contributed by atoms with Crippen molar-refractivity contribution in [2.75, 3.05) is 5.32 Å². The Kier molecular flexibility index (Phi) is 2.56. The molecule has 1 atom stereocenters. The molecule has 1 N–H and O–H groups in total. The van der Waals surface area contributed by atoms with Gasteiger partial charge in [0.15, 0.2) is 0 Å². The maximum absolute atomic E-state index is 6.01. The minimum atomic E-state index is 0.379. The number of halogens is 1. The molecule has 17 heavy (non-hydrogen) atoms.